The molecule has 4 rings (SSSR count). The zero-order valence-corrected chi connectivity index (χ0v) is 18.1. The number of imidazole rings is 1. The molecular weight excluding hydrogens is 398 g/mol. The van der Waals surface area contributed by atoms with Gasteiger partial charge in [0.05, 0.1) is 43.0 Å². The Kier molecular flexibility index (Phi) is 5.22. The van der Waals surface area contributed by atoms with Crippen molar-refractivity contribution in [1.82, 2.24) is 9.55 Å². The number of carbonyl (C=O) groups is 1. The second-order valence-electron chi connectivity index (χ2n) is 7.59. The van der Waals surface area contributed by atoms with E-state index in [9.17, 15) is 9.90 Å². The number of para-hydroxylation sites is 2. The zero-order chi connectivity index (χ0) is 22.3. The summed E-state index contributed by atoms with van der Waals surface area (Å²) in [6, 6.07) is 10.5. The van der Waals surface area contributed by atoms with Gasteiger partial charge in [0.2, 0.25) is 11.7 Å². The Labute approximate surface area is 180 Å². The number of ether oxygens (including phenoxy) is 3. The molecule has 1 aliphatic heterocycles. The fourth-order valence-corrected chi connectivity index (χ4v) is 3.89. The maximum atomic E-state index is 13.2. The lowest BCUT2D eigenvalue weighted by Crippen LogP contribution is -2.30. The van der Waals surface area contributed by atoms with Gasteiger partial charge in [-0.2, -0.15) is 0 Å². The molecule has 1 aliphatic rings. The van der Waals surface area contributed by atoms with Crippen LogP contribution < -0.4 is 14.8 Å². The number of carbonyl (C=O) groups excluding carboxylic acids is 1. The van der Waals surface area contributed by atoms with Crippen molar-refractivity contribution in [2.24, 2.45) is 0 Å². The summed E-state index contributed by atoms with van der Waals surface area (Å²) >= 11 is 0. The molecule has 2 N–H and O–H groups in total. The third-order valence-corrected chi connectivity index (χ3v) is 5.21. The second kappa shape index (κ2) is 7.86. The van der Waals surface area contributed by atoms with Gasteiger partial charge in [0, 0.05) is 5.70 Å². The van der Waals surface area contributed by atoms with E-state index < -0.39 is 12.0 Å². The van der Waals surface area contributed by atoms with Crippen molar-refractivity contribution in [2.75, 3.05) is 19.5 Å². The van der Waals surface area contributed by atoms with Crippen molar-refractivity contribution < 1.29 is 24.1 Å². The molecule has 8 heteroatoms. The number of benzene rings is 2. The molecule has 0 unspecified atom stereocenters. The second-order valence-corrected chi connectivity index (χ2v) is 7.59. The van der Waals surface area contributed by atoms with E-state index in [2.05, 4.69) is 5.32 Å². The Morgan fingerprint density at radius 2 is 1.81 bits per heavy atom. The first-order chi connectivity index (χ1) is 14.8. The van der Waals surface area contributed by atoms with E-state index in [4.69, 9.17) is 19.2 Å². The SMILES string of the molecule is COc1cc([C@@H]2C(C(=O)OC(C)C)=C(C)Nc3nc4ccccc4n32)cc(OC)c1O. The molecule has 0 aliphatic carbocycles. The van der Waals surface area contributed by atoms with E-state index in [0.717, 1.165) is 11.0 Å². The van der Waals surface area contributed by atoms with Crippen molar-refractivity contribution in [2.45, 2.75) is 32.9 Å². The zero-order valence-electron chi connectivity index (χ0n) is 18.1. The standard InChI is InChI=1S/C23H25N3O5/c1-12(2)31-22(28)19-13(3)24-23-25-15-8-6-7-9-16(15)26(23)20(19)14-10-17(29-4)21(27)18(11-14)30-5/h6-12,20,27H,1-5H3,(H,24,25)/t20-/m1/s1. The lowest BCUT2D eigenvalue weighted by atomic mass is 9.94. The number of nitrogens with zero attached hydrogens (tertiary/aromatic N) is 2. The number of hydrogen-bond donors (Lipinski definition) is 2. The number of hydrogen-bond acceptors (Lipinski definition) is 7. The summed E-state index contributed by atoms with van der Waals surface area (Å²) in [5.74, 6) is 0.557. The van der Waals surface area contributed by atoms with Crippen LogP contribution >= 0.6 is 0 Å². The Bertz CT molecular complexity index is 1170. The van der Waals surface area contributed by atoms with Crippen molar-refractivity contribution >= 4 is 23.0 Å². The van der Waals surface area contributed by atoms with E-state index in [1.807, 2.05) is 49.6 Å². The number of nitrogens with one attached hydrogen (secondary N) is 1. The van der Waals surface area contributed by atoms with E-state index in [-0.39, 0.29) is 23.4 Å². The number of phenols is 1. The first-order valence-electron chi connectivity index (χ1n) is 9.96. The van der Waals surface area contributed by atoms with Gasteiger partial charge in [0.25, 0.3) is 0 Å². The number of aromatic hydroxyl groups is 1. The molecule has 8 nitrogen and oxygen atoms in total. The molecule has 2 heterocycles. The smallest absolute Gasteiger partial charge is 0.338 e. The van der Waals surface area contributed by atoms with Gasteiger partial charge in [-0.1, -0.05) is 12.1 Å². The fraction of sp³-hybridized carbons (Fsp3) is 0.304. The lowest BCUT2D eigenvalue weighted by molar-refractivity contribution is -0.143. The molecule has 31 heavy (non-hydrogen) atoms. The molecule has 0 saturated carbocycles. The van der Waals surface area contributed by atoms with E-state index in [1.54, 1.807) is 12.1 Å². The van der Waals surface area contributed by atoms with Crippen LogP contribution in [0.3, 0.4) is 0 Å². The summed E-state index contributed by atoms with van der Waals surface area (Å²) in [7, 11) is 2.93. The van der Waals surface area contributed by atoms with Crippen LogP contribution in [0.2, 0.25) is 0 Å². The fourth-order valence-electron chi connectivity index (χ4n) is 3.89. The summed E-state index contributed by atoms with van der Waals surface area (Å²) in [6.45, 7) is 5.44. The number of aromatic nitrogens is 2. The highest BCUT2D eigenvalue weighted by atomic mass is 16.5. The number of methoxy groups -OCH3 is 2. The summed E-state index contributed by atoms with van der Waals surface area (Å²) in [6.07, 6.45) is -0.279. The van der Waals surface area contributed by atoms with Crippen LogP contribution in [0.4, 0.5) is 5.95 Å². The van der Waals surface area contributed by atoms with Gasteiger partial charge in [0.1, 0.15) is 0 Å². The summed E-state index contributed by atoms with van der Waals surface area (Å²) in [5, 5.41) is 13.6. The third kappa shape index (κ3) is 3.43. The van der Waals surface area contributed by atoms with Gasteiger partial charge in [0.15, 0.2) is 11.5 Å². The number of allylic oxidation sites excluding steroid dienone is 1. The van der Waals surface area contributed by atoms with Crippen LogP contribution in [0.25, 0.3) is 11.0 Å². The molecule has 0 fully saturated rings. The molecule has 1 atom stereocenters. The van der Waals surface area contributed by atoms with Gasteiger partial charge < -0.3 is 24.6 Å². The number of anilines is 1. The van der Waals surface area contributed by atoms with Crippen molar-refractivity contribution in [3.05, 3.63) is 53.2 Å². The Balaban J connectivity index is 2.01. The minimum absolute atomic E-state index is 0.106. The predicted molar refractivity (Wildman–Crippen MR) is 117 cm³/mol. The number of fused-ring (bicyclic) bond motifs is 3. The molecule has 1 aromatic heterocycles. The van der Waals surface area contributed by atoms with Gasteiger partial charge in [-0.05, 0) is 50.6 Å². The van der Waals surface area contributed by atoms with E-state index in [0.29, 0.717) is 22.8 Å². The normalized spacial score (nSPS) is 15.6. The lowest BCUT2D eigenvalue weighted by Gasteiger charge is -2.31. The highest BCUT2D eigenvalue weighted by Gasteiger charge is 2.36. The Morgan fingerprint density at radius 1 is 1.16 bits per heavy atom. The molecular formula is C23H25N3O5. The molecule has 0 bridgehead atoms. The van der Waals surface area contributed by atoms with E-state index in [1.165, 1.54) is 14.2 Å². The average Bonchev–Trinajstić information content (AvgIpc) is 3.10. The van der Waals surface area contributed by atoms with Gasteiger partial charge in [-0.15, -0.1) is 0 Å². The maximum absolute atomic E-state index is 13.2. The molecule has 0 saturated heterocycles. The van der Waals surface area contributed by atoms with Crippen molar-refractivity contribution in [1.29, 1.82) is 0 Å². The Hall–Kier alpha value is -3.68. The predicted octanol–water partition coefficient (Wildman–Crippen LogP) is 4.00. The first kappa shape index (κ1) is 20.6. The van der Waals surface area contributed by atoms with Crippen molar-refractivity contribution in [3.63, 3.8) is 0 Å². The minimum atomic E-state index is -0.571. The monoisotopic (exact) mass is 423 g/mol. The molecule has 0 radical (unpaired) electrons. The summed E-state index contributed by atoms with van der Waals surface area (Å²) in [5.41, 5.74) is 3.42. The minimum Gasteiger partial charge on any atom is -0.502 e. The quantitative estimate of drug-likeness (QED) is 0.599. The summed E-state index contributed by atoms with van der Waals surface area (Å²) < 4.78 is 18.2. The van der Waals surface area contributed by atoms with Crippen LogP contribution in [0.1, 0.15) is 32.4 Å². The molecule has 0 amide bonds. The molecule has 2 aromatic carbocycles. The number of esters is 1. The average molecular weight is 423 g/mol. The van der Waals surface area contributed by atoms with Crippen LogP contribution in [0.5, 0.6) is 17.2 Å². The molecule has 162 valence electrons. The topological polar surface area (TPSA) is 94.8 Å². The van der Waals surface area contributed by atoms with Gasteiger partial charge in [-0.25, -0.2) is 9.78 Å². The number of rotatable bonds is 5. The van der Waals surface area contributed by atoms with Crippen LogP contribution in [0.15, 0.2) is 47.7 Å². The van der Waals surface area contributed by atoms with Crippen LogP contribution in [-0.4, -0.2) is 41.0 Å². The Morgan fingerprint density at radius 3 is 2.42 bits per heavy atom. The summed E-state index contributed by atoms with van der Waals surface area (Å²) in [4.78, 5) is 17.9. The molecule has 3 aromatic rings. The highest BCUT2D eigenvalue weighted by Crippen LogP contribution is 2.45. The maximum Gasteiger partial charge on any atom is 0.338 e. The number of phenolic OH excluding ortho intramolecular Hbond substituents is 1. The van der Waals surface area contributed by atoms with Crippen LogP contribution in [-0.2, 0) is 9.53 Å². The van der Waals surface area contributed by atoms with Gasteiger partial charge in [-0.3, -0.25) is 4.57 Å². The highest BCUT2D eigenvalue weighted by molar-refractivity contribution is 5.94. The first-order valence-corrected chi connectivity index (χ1v) is 9.96. The largest absolute Gasteiger partial charge is 0.502 e. The van der Waals surface area contributed by atoms with E-state index >= 15 is 0 Å². The van der Waals surface area contributed by atoms with Gasteiger partial charge >= 0.3 is 5.97 Å². The van der Waals surface area contributed by atoms with Crippen LogP contribution in [0, 0.1) is 0 Å². The molecule has 0 spiro atoms. The van der Waals surface area contributed by atoms with Crippen molar-refractivity contribution in [3.8, 4) is 17.2 Å². The third-order valence-electron chi connectivity index (χ3n) is 5.21.